The number of hydrogen-bond donors (Lipinski definition) is 0. The van der Waals surface area contributed by atoms with E-state index < -0.39 is 0 Å². The summed E-state index contributed by atoms with van der Waals surface area (Å²) < 4.78 is 5.54. The highest BCUT2D eigenvalue weighted by Crippen LogP contribution is 2.44. The molecule has 0 N–H and O–H groups in total. The van der Waals surface area contributed by atoms with Gasteiger partial charge >= 0.3 is 6.03 Å². The van der Waals surface area contributed by atoms with Gasteiger partial charge < -0.3 is 4.74 Å². The number of benzene rings is 2. The van der Waals surface area contributed by atoms with E-state index in [-0.39, 0.29) is 12.2 Å². The summed E-state index contributed by atoms with van der Waals surface area (Å²) in [4.78, 5) is 14.8. The molecule has 0 spiro atoms. The van der Waals surface area contributed by atoms with Crippen molar-refractivity contribution in [3.8, 4) is 5.75 Å². The molecule has 4 rings (SSSR count). The third kappa shape index (κ3) is 2.63. The zero-order valence-corrected chi connectivity index (χ0v) is 15.2. The largest absolute Gasteiger partial charge is 0.496 e. The minimum Gasteiger partial charge on any atom is -0.496 e. The Kier molecular flexibility index (Phi) is 4.23. The molecule has 7 heteroatoms. The van der Waals surface area contributed by atoms with Crippen molar-refractivity contribution in [1.82, 2.24) is 10.0 Å². The van der Waals surface area contributed by atoms with Crippen LogP contribution in [0.1, 0.15) is 18.2 Å². The molecule has 2 aromatic carbocycles. The molecule has 0 aliphatic carbocycles. The normalized spacial score (nSPS) is 20.3. The van der Waals surface area contributed by atoms with E-state index in [1.54, 1.807) is 29.2 Å². The maximum atomic E-state index is 13.1. The van der Waals surface area contributed by atoms with Crippen molar-refractivity contribution in [2.45, 2.75) is 12.6 Å². The highest BCUT2D eigenvalue weighted by Gasteiger charge is 2.48. The standard InChI is InChI=1S/C18H17Cl2N3O2/c1-25-16-6-3-2-5-13(16)17-21-9-4-10-22(21)18(24)23(17)12-7-8-14(19)15(20)11-12/h2-3,5-8,11,17H,4,9-10H2,1H3/t17-/m1/s1. The highest BCUT2D eigenvalue weighted by atomic mass is 35.5. The zero-order valence-electron chi connectivity index (χ0n) is 13.7. The third-order valence-corrected chi connectivity index (χ3v) is 5.36. The molecule has 2 aliphatic rings. The maximum absolute atomic E-state index is 13.1. The van der Waals surface area contributed by atoms with Crippen LogP contribution >= 0.6 is 23.2 Å². The third-order valence-electron chi connectivity index (χ3n) is 4.62. The number of ether oxygens (including phenoxy) is 1. The number of urea groups is 1. The molecule has 2 amide bonds. The summed E-state index contributed by atoms with van der Waals surface area (Å²) in [5, 5.41) is 4.77. The Morgan fingerprint density at radius 2 is 1.88 bits per heavy atom. The number of hydrogen-bond acceptors (Lipinski definition) is 3. The zero-order chi connectivity index (χ0) is 17.6. The average molecular weight is 378 g/mol. The van der Waals surface area contributed by atoms with E-state index in [9.17, 15) is 4.79 Å². The molecule has 2 fully saturated rings. The van der Waals surface area contributed by atoms with E-state index in [4.69, 9.17) is 27.9 Å². The van der Waals surface area contributed by atoms with Gasteiger partial charge in [-0.05, 0) is 30.7 Å². The number of nitrogens with zero attached hydrogens (tertiary/aromatic N) is 3. The van der Waals surface area contributed by atoms with Crippen molar-refractivity contribution in [1.29, 1.82) is 0 Å². The predicted molar refractivity (Wildman–Crippen MR) is 98.1 cm³/mol. The monoisotopic (exact) mass is 377 g/mol. The number of rotatable bonds is 3. The van der Waals surface area contributed by atoms with Gasteiger partial charge in [0.05, 0.1) is 17.2 Å². The fourth-order valence-corrected chi connectivity index (χ4v) is 3.81. The van der Waals surface area contributed by atoms with Crippen LogP contribution in [0.4, 0.5) is 10.5 Å². The van der Waals surface area contributed by atoms with Gasteiger partial charge in [-0.15, -0.1) is 0 Å². The lowest BCUT2D eigenvalue weighted by Gasteiger charge is -2.29. The molecular weight excluding hydrogens is 361 g/mol. The number of amides is 2. The van der Waals surface area contributed by atoms with Crippen LogP contribution in [0, 0.1) is 0 Å². The highest BCUT2D eigenvalue weighted by molar-refractivity contribution is 6.42. The molecule has 0 bridgehead atoms. The molecule has 0 radical (unpaired) electrons. The van der Waals surface area contributed by atoms with Crippen molar-refractivity contribution in [2.24, 2.45) is 0 Å². The smallest absolute Gasteiger partial charge is 0.340 e. The van der Waals surface area contributed by atoms with Crippen LogP contribution in [0.15, 0.2) is 42.5 Å². The summed E-state index contributed by atoms with van der Waals surface area (Å²) in [7, 11) is 1.64. The summed E-state index contributed by atoms with van der Waals surface area (Å²) in [6.07, 6.45) is 0.676. The van der Waals surface area contributed by atoms with E-state index in [0.717, 1.165) is 24.3 Å². The van der Waals surface area contributed by atoms with E-state index in [1.807, 2.05) is 30.3 Å². The first-order chi connectivity index (χ1) is 12.1. The van der Waals surface area contributed by atoms with Crippen LogP contribution in [-0.2, 0) is 0 Å². The van der Waals surface area contributed by atoms with Crippen LogP contribution < -0.4 is 9.64 Å². The summed E-state index contributed by atoms with van der Waals surface area (Å²) in [5.41, 5.74) is 1.65. The number of para-hydroxylation sites is 1. The molecule has 25 heavy (non-hydrogen) atoms. The Morgan fingerprint density at radius 3 is 2.64 bits per heavy atom. The Bertz CT molecular complexity index is 830. The molecule has 130 valence electrons. The number of carbonyl (C=O) groups is 1. The van der Waals surface area contributed by atoms with Crippen molar-refractivity contribution in [2.75, 3.05) is 25.1 Å². The van der Waals surface area contributed by atoms with Gasteiger partial charge in [0.15, 0.2) is 0 Å². The van der Waals surface area contributed by atoms with Crippen molar-refractivity contribution >= 4 is 34.9 Å². The van der Waals surface area contributed by atoms with E-state index >= 15 is 0 Å². The van der Waals surface area contributed by atoms with Crippen molar-refractivity contribution < 1.29 is 9.53 Å². The maximum Gasteiger partial charge on any atom is 0.340 e. The minimum atomic E-state index is -0.275. The summed E-state index contributed by atoms with van der Waals surface area (Å²) in [6, 6.07) is 13.0. The lowest BCUT2D eigenvalue weighted by molar-refractivity contribution is 0.0718. The summed E-state index contributed by atoms with van der Waals surface area (Å²) in [6.45, 7) is 1.52. The Balaban J connectivity index is 1.85. The Morgan fingerprint density at radius 1 is 1.08 bits per heavy atom. The molecule has 2 aliphatic heterocycles. The molecule has 5 nitrogen and oxygen atoms in total. The van der Waals surface area contributed by atoms with Gasteiger partial charge in [-0.3, -0.25) is 9.91 Å². The van der Waals surface area contributed by atoms with E-state index in [2.05, 4.69) is 5.01 Å². The number of carbonyl (C=O) groups excluding carboxylic acids is 1. The molecule has 1 atom stereocenters. The number of hydrazine groups is 1. The fraction of sp³-hybridized carbons (Fsp3) is 0.278. The molecule has 0 unspecified atom stereocenters. The molecule has 2 aromatic rings. The van der Waals surface area contributed by atoms with Gasteiger partial charge in [0.2, 0.25) is 0 Å². The van der Waals surface area contributed by atoms with Crippen molar-refractivity contribution in [3.05, 3.63) is 58.1 Å². The predicted octanol–water partition coefficient (Wildman–Crippen LogP) is 4.56. The second-order valence-electron chi connectivity index (χ2n) is 6.01. The second-order valence-corrected chi connectivity index (χ2v) is 6.82. The molecule has 0 saturated carbocycles. The van der Waals surface area contributed by atoms with Crippen LogP contribution in [0.25, 0.3) is 0 Å². The lowest BCUT2D eigenvalue weighted by atomic mass is 10.1. The minimum absolute atomic E-state index is 0.0632. The Labute approximate surface area is 156 Å². The van der Waals surface area contributed by atoms with Crippen LogP contribution in [0.5, 0.6) is 5.75 Å². The first-order valence-corrected chi connectivity index (χ1v) is 8.82. The van der Waals surface area contributed by atoms with E-state index in [1.165, 1.54) is 0 Å². The Hall–Kier alpha value is -1.95. The molecule has 2 heterocycles. The number of anilines is 1. The van der Waals surface area contributed by atoms with Gasteiger partial charge in [0.1, 0.15) is 11.9 Å². The van der Waals surface area contributed by atoms with Crippen LogP contribution in [0.2, 0.25) is 10.0 Å². The molecular formula is C18H17Cl2N3O2. The van der Waals surface area contributed by atoms with Gasteiger partial charge in [-0.1, -0.05) is 41.4 Å². The van der Waals surface area contributed by atoms with E-state index in [0.29, 0.717) is 22.3 Å². The van der Waals surface area contributed by atoms with Gasteiger partial charge in [-0.2, -0.15) is 5.01 Å². The topological polar surface area (TPSA) is 36.0 Å². The first kappa shape index (κ1) is 16.5. The number of methoxy groups -OCH3 is 1. The first-order valence-electron chi connectivity index (χ1n) is 8.07. The lowest BCUT2D eigenvalue weighted by Crippen LogP contribution is -2.32. The SMILES string of the molecule is COc1ccccc1[C@H]1N(c2ccc(Cl)c(Cl)c2)C(=O)N2CCCN12. The van der Waals surface area contributed by atoms with Gasteiger partial charge in [-0.25, -0.2) is 4.79 Å². The second kappa shape index (κ2) is 6.41. The quantitative estimate of drug-likeness (QED) is 0.786. The summed E-state index contributed by atoms with van der Waals surface area (Å²) in [5.74, 6) is 0.749. The summed E-state index contributed by atoms with van der Waals surface area (Å²) >= 11 is 12.2. The number of fused-ring (bicyclic) bond motifs is 1. The fourth-order valence-electron chi connectivity index (χ4n) is 3.52. The average Bonchev–Trinajstić information content (AvgIpc) is 3.20. The van der Waals surface area contributed by atoms with Crippen LogP contribution in [-0.4, -0.2) is 36.2 Å². The van der Waals surface area contributed by atoms with Crippen molar-refractivity contribution in [3.63, 3.8) is 0 Å². The molecule has 0 aromatic heterocycles. The number of halogens is 2. The van der Waals surface area contributed by atoms with Gasteiger partial charge in [0.25, 0.3) is 0 Å². The molecule has 2 saturated heterocycles. The van der Waals surface area contributed by atoms with Gasteiger partial charge in [0, 0.05) is 24.3 Å². The van der Waals surface area contributed by atoms with Crippen LogP contribution in [0.3, 0.4) is 0 Å².